The van der Waals surface area contributed by atoms with E-state index < -0.39 is 25.8 Å². The molecule has 1 nitrogen and oxygen atoms in total. The lowest BCUT2D eigenvalue weighted by molar-refractivity contribution is 0.857. The van der Waals surface area contributed by atoms with Crippen molar-refractivity contribution in [3.63, 3.8) is 0 Å². The Morgan fingerprint density at radius 3 is 2.20 bits per heavy atom. The highest BCUT2D eigenvalue weighted by Gasteiger charge is 1.93. The van der Waals surface area contributed by atoms with Crippen LogP contribution in [-0.2, 0) is 0 Å². The van der Waals surface area contributed by atoms with E-state index in [0.717, 1.165) is 0 Å². The van der Waals surface area contributed by atoms with Crippen molar-refractivity contribution in [2.45, 2.75) is 12.8 Å². The summed E-state index contributed by atoms with van der Waals surface area (Å²) in [4.78, 5) is 0. The molecule has 1 aliphatic rings. The van der Waals surface area contributed by atoms with Crippen molar-refractivity contribution in [1.29, 1.82) is 0 Å². The third-order valence-corrected chi connectivity index (χ3v) is 0.496. The van der Waals surface area contributed by atoms with E-state index in [1.807, 2.05) is 0 Å². The molecule has 0 amide bonds. The molecule has 1 heterocycles. The minimum Gasteiger partial charge on any atom is -0.317 e. The Morgan fingerprint density at radius 1 is 1.40 bits per heavy atom. The molecule has 1 N–H and O–H groups in total. The van der Waals surface area contributed by atoms with E-state index in [1.54, 1.807) is 0 Å². The molecule has 0 aromatic carbocycles. The van der Waals surface area contributed by atoms with E-state index in [-0.39, 0.29) is 0 Å². The fourth-order valence-electron chi connectivity index (χ4n) is 0.278. The topological polar surface area (TPSA) is 12.0 Å². The van der Waals surface area contributed by atoms with Crippen LogP contribution in [0.4, 0.5) is 0 Å². The predicted molar refractivity (Wildman–Crippen MR) is 22.1 cm³/mol. The van der Waals surface area contributed by atoms with Crippen LogP contribution >= 0.6 is 0 Å². The summed E-state index contributed by atoms with van der Waals surface area (Å²) in [6, 6.07) is 0. The maximum absolute atomic E-state index is 7.12. The number of hydrogen-bond acceptors (Lipinski definition) is 1. The lowest BCUT2D eigenvalue weighted by Gasteiger charge is -1.76. The van der Waals surface area contributed by atoms with Crippen LogP contribution in [0, 0.1) is 0 Å². The van der Waals surface area contributed by atoms with E-state index in [0.29, 0.717) is 0 Å². The third kappa shape index (κ3) is 0.618. The summed E-state index contributed by atoms with van der Waals surface area (Å²) < 4.78 is 28.4. The van der Waals surface area contributed by atoms with Crippen LogP contribution in [0.15, 0.2) is 0 Å². The fourth-order valence-corrected chi connectivity index (χ4v) is 0.278. The van der Waals surface area contributed by atoms with Gasteiger partial charge in [-0.15, -0.1) is 0 Å². The Morgan fingerprint density at radius 2 is 2.00 bits per heavy atom. The van der Waals surface area contributed by atoms with Gasteiger partial charge in [-0.1, -0.05) is 0 Å². The van der Waals surface area contributed by atoms with Crippen molar-refractivity contribution in [2.75, 3.05) is 13.0 Å². The van der Waals surface area contributed by atoms with Crippen LogP contribution in [0.3, 0.4) is 0 Å². The molecule has 30 valence electrons. The molecule has 1 aliphatic heterocycles. The molecule has 4 unspecified atom stereocenters. The second-order valence-electron chi connectivity index (χ2n) is 0.885. The van der Waals surface area contributed by atoms with E-state index in [1.165, 1.54) is 0 Å². The first-order valence-electron chi connectivity index (χ1n) is 3.89. The molecule has 0 radical (unpaired) electrons. The van der Waals surface area contributed by atoms with Crippen LogP contribution in [-0.4, -0.2) is 13.0 Å². The van der Waals surface area contributed by atoms with Gasteiger partial charge in [-0.05, 0) is 25.8 Å². The van der Waals surface area contributed by atoms with Gasteiger partial charge in [-0.3, -0.25) is 0 Å². The molecule has 0 spiro atoms. The van der Waals surface area contributed by atoms with Crippen molar-refractivity contribution in [1.82, 2.24) is 5.32 Å². The average molecular weight is 75.1 g/mol. The number of hydrogen-bond donors (Lipinski definition) is 1. The van der Waals surface area contributed by atoms with E-state index >= 15 is 0 Å². The number of nitrogens with one attached hydrogen (secondary N) is 1. The SMILES string of the molecule is [2H]C1NC([2H])C([2H])C1[2H]. The highest BCUT2D eigenvalue weighted by molar-refractivity contribution is 4.55. The first-order chi connectivity index (χ1) is 4.13. The van der Waals surface area contributed by atoms with Crippen molar-refractivity contribution in [3.05, 3.63) is 0 Å². The molecule has 5 heavy (non-hydrogen) atoms. The normalized spacial score (nSPS) is 94.4. The second-order valence-corrected chi connectivity index (χ2v) is 0.885. The molecule has 1 fully saturated rings. The van der Waals surface area contributed by atoms with Gasteiger partial charge in [0.05, 0.1) is 0 Å². The van der Waals surface area contributed by atoms with Gasteiger partial charge in [0.15, 0.2) is 0 Å². The minimum absolute atomic E-state index is 0.741. The van der Waals surface area contributed by atoms with Gasteiger partial charge in [-0.25, -0.2) is 0 Å². The summed E-state index contributed by atoms with van der Waals surface area (Å²) in [5.74, 6) is 0. The Hall–Kier alpha value is -0.0400. The van der Waals surface area contributed by atoms with Crippen LogP contribution in [0.1, 0.15) is 18.3 Å². The fraction of sp³-hybridized carbons (Fsp3) is 1.00. The quantitative estimate of drug-likeness (QED) is 0.438. The van der Waals surface area contributed by atoms with Crippen molar-refractivity contribution in [3.8, 4) is 0 Å². The molecule has 0 bridgehead atoms. The van der Waals surface area contributed by atoms with Gasteiger partial charge in [0, 0.05) is 5.48 Å². The summed E-state index contributed by atoms with van der Waals surface area (Å²) >= 11 is 0. The molecule has 0 aliphatic carbocycles. The monoisotopic (exact) mass is 75.1 g/mol. The zero-order valence-electron chi connectivity index (χ0n) is 6.81. The summed E-state index contributed by atoms with van der Waals surface area (Å²) in [5, 5.41) is 2.47. The molecular formula is C4H9N. The van der Waals surface area contributed by atoms with E-state index in [2.05, 4.69) is 5.32 Å². The largest absolute Gasteiger partial charge is 0.317 e. The molecule has 0 aromatic heterocycles. The summed E-state index contributed by atoms with van der Waals surface area (Å²) in [5.41, 5.74) is 0. The molecule has 4 atom stereocenters. The highest BCUT2D eigenvalue weighted by Crippen LogP contribution is 1.90. The van der Waals surface area contributed by atoms with Gasteiger partial charge in [0.25, 0.3) is 0 Å². The smallest absolute Gasteiger partial charge is 0.0428 e. The molecule has 1 rings (SSSR count). The Balaban J connectivity index is 2.54. The molecule has 0 saturated carbocycles. The van der Waals surface area contributed by atoms with Crippen molar-refractivity contribution in [2.24, 2.45) is 0 Å². The molecule has 0 aromatic rings. The maximum Gasteiger partial charge on any atom is 0.0428 e. The highest BCUT2D eigenvalue weighted by atomic mass is 14.9. The molecular weight excluding hydrogens is 62.1 g/mol. The van der Waals surface area contributed by atoms with Crippen LogP contribution in [0.2, 0.25) is 0 Å². The lowest BCUT2D eigenvalue weighted by atomic mass is 10.4. The summed E-state index contributed by atoms with van der Waals surface area (Å²) in [7, 11) is 0. The van der Waals surface area contributed by atoms with Gasteiger partial charge >= 0.3 is 0 Å². The summed E-state index contributed by atoms with van der Waals surface area (Å²) in [6.45, 7) is -1.48. The Kier molecular flexibility index (Phi) is 0.273. The summed E-state index contributed by atoms with van der Waals surface area (Å²) in [6.07, 6.45) is -1.51. The minimum atomic E-state index is -0.757. The van der Waals surface area contributed by atoms with Crippen LogP contribution in [0.25, 0.3) is 0 Å². The Labute approximate surface area is 38.0 Å². The van der Waals surface area contributed by atoms with Crippen LogP contribution in [0.5, 0.6) is 0 Å². The van der Waals surface area contributed by atoms with Gasteiger partial charge in [-0.2, -0.15) is 0 Å². The predicted octanol–water partition coefficient (Wildman–Crippen LogP) is 0.370. The standard InChI is InChI=1S/C4H9N/c1-2-4-5-3-1/h5H,1-4H2/i1D,2D,3D,4D. The Bertz CT molecular complexity index is 96.7. The zero-order valence-corrected chi connectivity index (χ0v) is 2.81. The first-order valence-corrected chi connectivity index (χ1v) is 1.58. The van der Waals surface area contributed by atoms with Gasteiger partial charge < -0.3 is 5.32 Å². The molecule has 1 heteroatoms. The van der Waals surface area contributed by atoms with Crippen molar-refractivity contribution >= 4 is 0 Å². The van der Waals surface area contributed by atoms with E-state index in [9.17, 15) is 0 Å². The van der Waals surface area contributed by atoms with Crippen molar-refractivity contribution < 1.29 is 5.48 Å². The first kappa shape index (κ1) is 0.969. The molecule has 1 saturated heterocycles. The third-order valence-electron chi connectivity index (χ3n) is 0.496. The van der Waals surface area contributed by atoms with E-state index in [4.69, 9.17) is 5.48 Å². The maximum atomic E-state index is 7.12. The average Bonchev–Trinajstić information content (AvgIpc) is 1.98. The van der Waals surface area contributed by atoms with Crippen LogP contribution < -0.4 is 5.32 Å². The lowest BCUT2D eigenvalue weighted by Crippen LogP contribution is -2.03. The number of rotatable bonds is 0. The van der Waals surface area contributed by atoms with Gasteiger partial charge in [0.2, 0.25) is 0 Å². The zero-order chi connectivity index (χ0) is 7.02. The van der Waals surface area contributed by atoms with Gasteiger partial charge in [0.1, 0.15) is 0 Å². The second kappa shape index (κ2) is 1.41.